The molecule has 10 aromatic carbocycles. The van der Waals surface area contributed by atoms with Crippen molar-refractivity contribution in [1.29, 1.82) is 0 Å². The zero-order valence-corrected chi connectivity index (χ0v) is 40.6. The van der Waals surface area contributed by atoms with Crippen molar-refractivity contribution in [2.45, 2.75) is 12.1 Å². The van der Waals surface area contributed by atoms with Crippen molar-refractivity contribution < 1.29 is 15.1 Å². The largest absolute Gasteiger partial charge is 0.0622 e. The van der Waals surface area contributed by atoms with E-state index in [1.54, 1.807) is 0 Å². The first-order valence-electron chi connectivity index (χ1n) is 21.4. The molecule has 0 unspecified atom stereocenters. The van der Waals surface area contributed by atoms with Crippen molar-refractivity contribution >= 4 is 88.6 Å². The van der Waals surface area contributed by atoms with Crippen LogP contribution in [0.3, 0.4) is 0 Å². The molecule has 0 fully saturated rings. The molecular weight excluding hydrogens is 959 g/mol. The quantitative estimate of drug-likeness (QED) is 0.106. The number of benzene rings is 10. The average molecular weight is 1010 g/mol. The first-order valence-corrected chi connectivity index (χ1v) is 28.5. The Morgan fingerprint density at radius 3 is 0.846 bits per heavy atom. The molecule has 0 aliphatic rings. The summed E-state index contributed by atoms with van der Waals surface area (Å²) in [6, 6.07) is 91.4. The van der Waals surface area contributed by atoms with Crippen molar-refractivity contribution in [3.8, 4) is 11.1 Å². The van der Waals surface area contributed by atoms with Crippen molar-refractivity contribution in [3.63, 3.8) is 0 Å². The normalized spacial score (nSPS) is 12.0. The molecule has 10 aromatic rings. The molecule has 322 valence electrons. The Bertz CT molecular complexity index is 2740. The van der Waals surface area contributed by atoms with Gasteiger partial charge in [0, 0.05) is 12.1 Å². The maximum atomic E-state index is 6.15. The van der Waals surface area contributed by atoms with Crippen LogP contribution in [0.2, 0.25) is 0 Å². The second kappa shape index (κ2) is 23.2. The molecular formula is C58H48Cl2N2P2Ru. The molecule has 10 rings (SSSR count). The molecule has 0 amide bonds. The van der Waals surface area contributed by atoms with Crippen LogP contribution in [0.15, 0.2) is 255 Å². The Morgan fingerprint density at radius 1 is 0.308 bits per heavy atom. The van der Waals surface area contributed by atoms with Gasteiger partial charge >= 0.3 is 34.5 Å². The zero-order valence-electron chi connectivity index (χ0n) is 35.6. The Hall–Kier alpha value is -5.30. The third-order valence-electron chi connectivity index (χ3n) is 11.4. The van der Waals surface area contributed by atoms with Crippen LogP contribution < -0.4 is 43.3 Å². The van der Waals surface area contributed by atoms with E-state index in [0.717, 1.165) is 11.1 Å². The van der Waals surface area contributed by atoms with Crippen LogP contribution in [-0.2, 0) is 15.1 Å². The molecule has 0 aliphatic heterocycles. The van der Waals surface area contributed by atoms with Gasteiger partial charge in [0.25, 0.3) is 0 Å². The maximum absolute atomic E-state index is 6.15. The van der Waals surface area contributed by atoms with Gasteiger partial charge in [-0.15, -0.1) is 0 Å². The number of fused-ring (bicyclic) bond motifs is 2. The van der Waals surface area contributed by atoms with Gasteiger partial charge in [0.2, 0.25) is 0 Å². The summed E-state index contributed by atoms with van der Waals surface area (Å²) in [5, 5.41) is 13.3. The Balaban J connectivity index is 0.000000253. The molecule has 2 nitrogen and oxygen atoms in total. The molecule has 0 aromatic heterocycles. The standard InChI is InChI=1S/C44H32P2.C14H16N2.2ClH.Ru/c1-5-19-35(20-6-1)45(36-21-7-2-8-22-36)41-31-29-33-17-13-15-27-39(33)43(41)44-40-28-16-14-18-34(40)30-32-42(44)46(37-23-9-3-10-24-37)38-25-11-4-12-26-38;15-13(11-7-3-1-4-8-11)14(16)12-9-5-2-6-10-12;;;/h1-32H;1-10,13-14H,15-16H2;2*1H;/q;;;;+2/p-2/t;13-,14-;;;/m.0.../s1. The minimum Gasteiger partial charge on any atom is -0.0622 e. The molecule has 0 saturated heterocycles. The molecule has 65 heavy (non-hydrogen) atoms. The van der Waals surface area contributed by atoms with Gasteiger partial charge in [0.15, 0.2) is 0 Å². The second-order valence-corrected chi connectivity index (χ2v) is 22.3. The van der Waals surface area contributed by atoms with Crippen LogP contribution in [0.1, 0.15) is 23.2 Å². The summed E-state index contributed by atoms with van der Waals surface area (Å²) in [6.45, 7) is 0. The predicted molar refractivity (Wildman–Crippen MR) is 283 cm³/mol. The van der Waals surface area contributed by atoms with E-state index in [0.29, 0.717) is 0 Å². The average Bonchev–Trinajstić information content (AvgIpc) is 3.38. The number of rotatable bonds is 10. The molecule has 0 aliphatic carbocycles. The molecule has 0 bridgehead atoms. The smallest absolute Gasteiger partial charge is 0.000884 e. The molecule has 4 N–H and O–H groups in total. The minimum atomic E-state index is -0.852. The Morgan fingerprint density at radius 2 is 0.554 bits per heavy atom. The van der Waals surface area contributed by atoms with E-state index in [-0.39, 0.29) is 27.2 Å². The van der Waals surface area contributed by atoms with E-state index < -0.39 is 15.8 Å². The first-order chi connectivity index (χ1) is 32.1. The summed E-state index contributed by atoms with van der Waals surface area (Å²) < 4.78 is 0. The van der Waals surface area contributed by atoms with Crippen LogP contribution in [0.25, 0.3) is 32.7 Å². The van der Waals surface area contributed by atoms with Crippen LogP contribution in [0.5, 0.6) is 0 Å². The summed E-state index contributed by atoms with van der Waals surface area (Å²) in [7, 11) is 8.00. The number of hydrogen-bond acceptors (Lipinski definition) is 2. The second-order valence-electron chi connectivity index (χ2n) is 15.3. The van der Waals surface area contributed by atoms with Crippen LogP contribution in [0.4, 0.5) is 0 Å². The maximum Gasteiger partial charge on any atom is -0.000884 e. The summed E-state index contributed by atoms with van der Waals surface area (Å²) in [5.74, 6) is 0. The van der Waals surface area contributed by atoms with Gasteiger partial charge in [0.1, 0.15) is 0 Å². The van der Waals surface area contributed by atoms with Crippen molar-refractivity contribution in [2.75, 3.05) is 0 Å². The molecule has 0 saturated carbocycles. The van der Waals surface area contributed by atoms with Gasteiger partial charge in [-0.05, 0) is 91.5 Å². The van der Waals surface area contributed by atoms with Gasteiger partial charge in [-0.1, -0.05) is 255 Å². The number of nitrogens with two attached hydrogens (primary N) is 2. The summed E-state index contributed by atoms with van der Waals surface area (Å²) in [6.07, 6.45) is 0. The van der Waals surface area contributed by atoms with Crippen LogP contribution in [-0.4, -0.2) is 0 Å². The zero-order chi connectivity index (χ0) is 44.8. The number of halogens is 2. The fourth-order valence-corrected chi connectivity index (χ4v) is 13.3. The SMILES string of the molecule is N[C@@H](c1ccccc1)[C@@H](N)c1ccccc1.[Cl][Ru][Cl].c1ccc(P(c2ccccc2)c2ccc3ccccc3c2-c2c(P(c3ccccc3)c3ccccc3)ccc3ccccc23)cc1. The Labute approximate surface area is 401 Å². The molecule has 2 atom stereocenters. The van der Waals surface area contributed by atoms with E-state index in [4.69, 9.17) is 30.8 Å². The summed E-state index contributed by atoms with van der Waals surface area (Å²) >= 11 is -0.346. The van der Waals surface area contributed by atoms with Crippen LogP contribution >= 0.6 is 35.2 Å². The van der Waals surface area contributed by atoms with E-state index in [9.17, 15) is 0 Å². The third-order valence-corrected chi connectivity index (χ3v) is 16.3. The fourth-order valence-electron chi connectivity index (χ4n) is 8.35. The van der Waals surface area contributed by atoms with Gasteiger partial charge in [0.05, 0.1) is 0 Å². The predicted octanol–water partition coefficient (Wildman–Crippen LogP) is 12.9. The fraction of sp³-hybridized carbons (Fsp3) is 0.0345. The van der Waals surface area contributed by atoms with E-state index in [1.165, 1.54) is 64.5 Å². The first kappa shape index (κ1) is 46.2. The summed E-state index contributed by atoms with van der Waals surface area (Å²) in [4.78, 5) is 0. The van der Waals surface area contributed by atoms with E-state index >= 15 is 0 Å². The van der Waals surface area contributed by atoms with Crippen molar-refractivity contribution in [3.05, 3.63) is 266 Å². The monoisotopic (exact) mass is 1010 g/mol. The van der Waals surface area contributed by atoms with Crippen LogP contribution in [0, 0.1) is 0 Å². The summed E-state index contributed by atoms with van der Waals surface area (Å²) in [5.41, 5.74) is 17.1. The van der Waals surface area contributed by atoms with Crippen molar-refractivity contribution in [1.82, 2.24) is 0 Å². The third kappa shape index (κ3) is 11.0. The minimum absolute atomic E-state index is 0.163. The number of hydrogen-bond donors (Lipinski definition) is 2. The topological polar surface area (TPSA) is 52.0 Å². The molecule has 0 spiro atoms. The van der Waals surface area contributed by atoms with Gasteiger partial charge < -0.3 is 11.5 Å². The van der Waals surface area contributed by atoms with Crippen molar-refractivity contribution in [2.24, 2.45) is 11.5 Å². The van der Waals surface area contributed by atoms with Gasteiger partial charge in [-0.2, -0.15) is 0 Å². The van der Waals surface area contributed by atoms with Gasteiger partial charge in [-0.3, -0.25) is 0 Å². The van der Waals surface area contributed by atoms with Gasteiger partial charge in [-0.25, -0.2) is 0 Å². The molecule has 7 heteroatoms. The van der Waals surface area contributed by atoms with E-state index in [2.05, 4.69) is 194 Å². The Kier molecular flexibility index (Phi) is 16.5. The molecule has 0 heterocycles. The molecule has 0 radical (unpaired) electrons. The van der Waals surface area contributed by atoms with E-state index in [1.807, 2.05) is 60.7 Å².